The summed E-state index contributed by atoms with van der Waals surface area (Å²) in [5, 5.41) is 5.65. The Bertz CT molecular complexity index is 649. The number of carbonyl (C=O) groups excluding carboxylic acids is 2. The summed E-state index contributed by atoms with van der Waals surface area (Å²) in [6, 6.07) is 6.97. The summed E-state index contributed by atoms with van der Waals surface area (Å²) in [6.07, 6.45) is -0.599. The molecule has 1 aliphatic heterocycles. The Morgan fingerprint density at radius 2 is 1.78 bits per heavy atom. The van der Waals surface area contributed by atoms with Crippen molar-refractivity contribution in [3.63, 3.8) is 0 Å². The number of nitrogens with one attached hydrogen (secondary N) is 2. The number of ether oxygens (including phenoxy) is 2. The second kappa shape index (κ2) is 9.08. The van der Waals surface area contributed by atoms with E-state index in [1.807, 2.05) is 38.1 Å². The van der Waals surface area contributed by atoms with Gasteiger partial charge < -0.3 is 25.0 Å². The lowest BCUT2D eigenvalue weighted by molar-refractivity contribution is -0.119. The van der Waals surface area contributed by atoms with Gasteiger partial charge in [-0.25, -0.2) is 4.79 Å². The molecule has 0 saturated carbocycles. The van der Waals surface area contributed by atoms with Crippen LogP contribution in [0.4, 0.5) is 16.2 Å². The summed E-state index contributed by atoms with van der Waals surface area (Å²) in [4.78, 5) is 27.2. The molecule has 1 aliphatic rings. The molecular weight excluding hydrogens is 346 g/mol. The second-order valence-electron chi connectivity index (χ2n) is 7.97. The van der Waals surface area contributed by atoms with Crippen molar-refractivity contribution in [2.75, 3.05) is 36.5 Å². The summed E-state index contributed by atoms with van der Waals surface area (Å²) in [5.74, 6) is -0.357. The molecule has 1 atom stereocenters. The van der Waals surface area contributed by atoms with Gasteiger partial charge in [0.1, 0.15) is 11.6 Å². The number of alkyl carbamates (subject to hydrolysis) is 1. The molecule has 0 aliphatic carbocycles. The Morgan fingerprint density at radius 1 is 1.15 bits per heavy atom. The zero-order valence-corrected chi connectivity index (χ0v) is 16.9. The molecule has 27 heavy (non-hydrogen) atoms. The van der Waals surface area contributed by atoms with Crippen LogP contribution in [0, 0.1) is 5.92 Å². The van der Waals surface area contributed by atoms with E-state index in [-0.39, 0.29) is 11.8 Å². The average molecular weight is 377 g/mol. The molecule has 1 aromatic carbocycles. The molecule has 0 bridgehead atoms. The van der Waals surface area contributed by atoms with Crippen molar-refractivity contribution >= 4 is 23.4 Å². The van der Waals surface area contributed by atoms with Gasteiger partial charge in [-0.2, -0.15) is 0 Å². The molecule has 2 N–H and O–H groups in total. The van der Waals surface area contributed by atoms with Crippen LogP contribution in [0.1, 0.15) is 34.6 Å². The van der Waals surface area contributed by atoms with E-state index in [0.29, 0.717) is 13.2 Å². The van der Waals surface area contributed by atoms with Crippen molar-refractivity contribution in [1.29, 1.82) is 0 Å². The fourth-order valence-electron chi connectivity index (χ4n) is 2.84. The van der Waals surface area contributed by atoms with Crippen LogP contribution in [-0.2, 0) is 14.3 Å². The van der Waals surface area contributed by atoms with Crippen LogP contribution >= 0.6 is 0 Å². The number of rotatable bonds is 5. The number of nitrogens with zero attached hydrogens (tertiary/aromatic N) is 1. The van der Waals surface area contributed by atoms with Gasteiger partial charge in [-0.15, -0.1) is 0 Å². The van der Waals surface area contributed by atoms with E-state index >= 15 is 0 Å². The van der Waals surface area contributed by atoms with E-state index in [1.165, 1.54) is 0 Å². The molecule has 0 spiro atoms. The summed E-state index contributed by atoms with van der Waals surface area (Å²) in [5.41, 5.74) is 1.06. The Morgan fingerprint density at radius 3 is 2.37 bits per heavy atom. The molecule has 1 fully saturated rings. The van der Waals surface area contributed by atoms with Gasteiger partial charge in [0.25, 0.3) is 0 Å². The maximum Gasteiger partial charge on any atom is 0.408 e. The lowest BCUT2D eigenvalue weighted by Crippen LogP contribution is -2.48. The third kappa shape index (κ3) is 6.43. The smallest absolute Gasteiger partial charge is 0.408 e. The van der Waals surface area contributed by atoms with E-state index in [1.54, 1.807) is 20.8 Å². The fourth-order valence-corrected chi connectivity index (χ4v) is 2.84. The number of hydrogen-bond acceptors (Lipinski definition) is 5. The van der Waals surface area contributed by atoms with Crippen molar-refractivity contribution in [2.45, 2.75) is 46.3 Å². The highest BCUT2D eigenvalue weighted by Gasteiger charge is 2.28. The second-order valence-corrected chi connectivity index (χ2v) is 7.97. The number of benzene rings is 1. The predicted molar refractivity (Wildman–Crippen MR) is 106 cm³/mol. The third-order valence-corrected chi connectivity index (χ3v) is 4.14. The summed E-state index contributed by atoms with van der Waals surface area (Å²) < 4.78 is 10.7. The van der Waals surface area contributed by atoms with Gasteiger partial charge in [-0.1, -0.05) is 26.0 Å². The molecule has 150 valence electrons. The lowest BCUT2D eigenvalue weighted by atomic mass is 10.0. The zero-order chi connectivity index (χ0) is 20.0. The molecule has 1 aromatic rings. The summed E-state index contributed by atoms with van der Waals surface area (Å²) >= 11 is 0. The largest absolute Gasteiger partial charge is 0.444 e. The monoisotopic (exact) mass is 377 g/mol. The fraction of sp³-hybridized carbons (Fsp3) is 0.600. The van der Waals surface area contributed by atoms with Crippen LogP contribution in [0.25, 0.3) is 0 Å². The topological polar surface area (TPSA) is 79.9 Å². The van der Waals surface area contributed by atoms with Gasteiger partial charge in [-0.05, 0) is 38.8 Å². The molecule has 2 amide bonds. The van der Waals surface area contributed by atoms with E-state index < -0.39 is 17.7 Å². The van der Waals surface area contributed by atoms with Crippen LogP contribution in [0.5, 0.6) is 0 Å². The predicted octanol–water partition coefficient (Wildman–Crippen LogP) is 3.01. The zero-order valence-electron chi connectivity index (χ0n) is 16.9. The highest BCUT2D eigenvalue weighted by Crippen LogP contribution is 2.26. The van der Waals surface area contributed by atoms with E-state index in [2.05, 4.69) is 15.5 Å². The number of hydrogen-bond donors (Lipinski definition) is 2. The first kappa shape index (κ1) is 21.0. The van der Waals surface area contributed by atoms with Gasteiger partial charge in [-0.3, -0.25) is 4.79 Å². The van der Waals surface area contributed by atoms with Crippen LogP contribution in [0.2, 0.25) is 0 Å². The van der Waals surface area contributed by atoms with Gasteiger partial charge in [0, 0.05) is 13.1 Å². The highest BCUT2D eigenvalue weighted by atomic mass is 16.6. The molecule has 0 aromatic heterocycles. The Labute approximate surface area is 161 Å². The standard InChI is InChI=1S/C20H31N3O4/c1-14(2)17(22-19(25)27-20(3,4)5)18(24)21-15-8-6-7-9-16(15)23-10-12-26-13-11-23/h6-9,14,17H,10-13H2,1-5H3,(H,21,24)(H,22,25). The first-order valence-corrected chi connectivity index (χ1v) is 9.39. The SMILES string of the molecule is CC(C)C(NC(=O)OC(C)(C)C)C(=O)Nc1ccccc1N1CCOCC1. The molecule has 2 rings (SSSR count). The maximum absolute atomic E-state index is 12.9. The Hall–Kier alpha value is -2.28. The third-order valence-electron chi connectivity index (χ3n) is 4.14. The quantitative estimate of drug-likeness (QED) is 0.825. The van der Waals surface area contributed by atoms with Crippen molar-refractivity contribution in [2.24, 2.45) is 5.92 Å². The van der Waals surface area contributed by atoms with Crippen molar-refractivity contribution in [3.8, 4) is 0 Å². The summed E-state index contributed by atoms with van der Waals surface area (Å²) in [7, 11) is 0. The average Bonchev–Trinajstić information content (AvgIpc) is 2.59. The van der Waals surface area contributed by atoms with Gasteiger partial charge in [0.05, 0.1) is 24.6 Å². The van der Waals surface area contributed by atoms with E-state index in [0.717, 1.165) is 24.5 Å². The summed E-state index contributed by atoms with van der Waals surface area (Å²) in [6.45, 7) is 12.0. The van der Waals surface area contributed by atoms with Crippen LogP contribution in [0.3, 0.4) is 0 Å². The molecule has 7 heteroatoms. The van der Waals surface area contributed by atoms with Crippen molar-refractivity contribution in [1.82, 2.24) is 5.32 Å². The van der Waals surface area contributed by atoms with Crippen LogP contribution in [0.15, 0.2) is 24.3 Å². The van der Waals surface area contributed by atoms with Crippen LogP contribution < -0.4 is 15.5 Å². The lowest BCUT2D eigenvalue weighted by Gasteiger charge is -2.31. The van der Waals surface area contributed by atoms with E-state index in [9.17, 15) is 9.59 Å². The molecule has 1 heterocycles. The molecule has 7 nitrogen and oxygen atoms in total. The highest BCUT2D eigenvalue weighted by molar-refractivity contribution is 5.99. The van der Waals surface area contributed by atoms with Gasteiger partial charge in [0.2, 0.25) is 5.91 Å². The van der Waals surface area contributed by atoms with Crippen molar-refractivity contribution in [3.05, 3.63) is 24.3 Å². The number of carbonyl (C=O) groups is 2. The first-order valence-electron chi connectivity index (χ1n) is 9.39. The Kier molecular flexibility index (Phi) is 7.07. The minimum absolute atomic E-state index is 0.0898. The van der Waals surface area contributed by atoms with Gasteiger partial charge >= 0.3 is 6.09 Å². The molecular formula is C20H31N3O4. The normalized spacial score (nSPS) is 16.0. The minimum Gasteiger partial charge on any atom is -0.444 e. The van der Waals surface area contributed by atoms with E-state index in [4.69, 9.17) is 9.47 Å². The first-order chi connectivity index (χ1) is 12.7. The molecule has 1 saturated heterocycles. The number of amides is 2. The van der Waals surface area contributed by atoms with Gasteiger partial charge in [0.15, 0.2) is 0 Å². The van der Waals surface area contributed by atoms with Crippen molar-refractivity contribution < 1.29 is 19.1 Å². The maximum atomic E-state index is 12.9. The number of para-hydroxylation sites is 2. The molecule has 1 unspecified atom stereocenters. The number of morpholine rings is 1. The molecule has 0 radical (unpaired) electrons. The minimum atomic E-state index is -0.697. The Balaban J connectivity index is 2.10. The van der Waals surface area contributed by atoms with Crippen LogP contribution in [-0.4, -0.2) is 49.9 Å². The number of anilines is 2.